The molecule has 2 saturated heterocycles. The van der Waals surface area contributed by atoms with E-state index in [2.05, 4.69) is 0 Å². The molecular formula is C34H46N2O10S. The molecule has 5 rings (SSSR count). The van der Waals surface area contributed by atoms with Crippen LogP contribution in [0, 0.1) is 0 Å². The first kappa shape index (κ1) is 34.9. The summed E-state index contributed by atoms with van der Waals surface area (Å²) in [7, 11) is -3.74. The van der Waals surface area contributed by atoms with Crippen molar-refractivity contribution in [3.8, 4) is 5.75 Å². The Hall–Kier alpha value is -3.39. The van der Waals surface area contributed by atoms with Gasteiger partial charge in [0.05, 0.1) is 41.0 Å². The Morgan fingerprint density at radius 3 is 2.40 bits per heavy atom. The Labute approximate surface area is 276 Å². The molecule has 0 radical (unpaired) electrons. The molecule has 47 heavy (non-hydrogen) atoms. The van der Waals surface area contributed by atoms with Gasteiger partial charge >= 0.3 is 12.2 Å². The molecule has 1 aliphatic carbocycles. The lowest BCUT2D eigenvalue weighted by molar-refractivity contribution is -0.0432. The highest BCUT2D eigenvalue weighted by Gasteiger charge is 2.54. The lowest BCUT2D eigenvalue weighted by atomic mass is 9.87. The molecule has 2 heterocycles. The molecule has 2 aliphatic heterocycles. The molecule has 0 bridgehead atoms. The van der Waals surface area contributed by atoms with Gasteiger partial charge < -0.3 is 39.0 Å². The number of carbonyl (C=O) groups excluding carboxylic acids is 2. The fourth-order valence-electron chi connectivity index (χ4n) is 6.07. The number of rotatable bonds is 11. The van der Waals surface area contributed by atoms with Gasteiger partial charge in [0.2, 0.25) is 0 Å². The highest BCUT2D eigenvalue weighted by atomic mass is 32.2. The number of carbonyl (C=O) groups is 2. The number of nitrogens with zero attached hydrogens (tertiary/aromatic N) is 2. The Balaban J connectivity index is 1.17. The van der Waals surface area contributed by atoms with E-state index in [1.165, 1.54) is 17.0 Å². The number of hydrogen-bond donors (Lipinski definition) is 2. The van der Waals surface area contributed by atoms with Crippen LogP contribution in [0.15, 0.2) is 59.5 Å². The van der Waals surface area contributed by atoms with E-state index in [0.29, 0.717) is 45.2 Å². The van der Waals surface area contributed by atoms with Crippen LogP contribution >= 0.6 is 0 Å². The molecule has 1 saturated carbocycles. The fraction of sp³-hybridized carbons (Fsp3) is 0.588. The highest BCUT2D eigenvalue weighted by molar-refractivity contribution is 7.93. The zero-order chi connectivity index (χ0) is 33.9. The molecule has 13 heteroatoms. The van der Waals surface area contributed by atoms with Crippen molar-refractivity contribution in [3.05, 3.63) is 60.2 Å². The number of aliphatic hydroxyl groups excluding tert-OH is 2. The zero-order valence-corrected chi connectivity index (χ0v) is 28.1. The van der Waals surface area contributed by atoms with E-state index in [4.69, 9.17) is 18.9 Å². The molecule has 3 fully saturated rings. The maximum absolute atomic E-state index is 13.4. The van der Waals surface area contributed by atoms with Crippen molar-refractivity contribution in [3.63, 3.8) is 0 Å². The van der Waals surface area contributed by atoms with Gasteiger partial charge in [0.25, 0.3) is 0 Å². The van der Waals surface area contributed by atoms with Crippen LogP contribution in [0.5, 0.6) is 5.75 Å². The van der Waals surface area contributed by atoms with Crippen LogP contribution in [0.3, 0.4) is 0 Å². The molecule has 12 nitrogen and oxygen atoms in total. The summed E-state index contributed by atoms with van der Waals surface area (Å²) in [5, 5.41) is 20.6. The first-order chi connectivity index (χ1) is 22.2. The third-order valence-electron chi connectivity index (χ3n) is 9.03. The van der Waals surface area contributed by atoms with Crippen LogP contribution < -0.4 is 4.74 Å². The number of sulfone groups is 1. The standard InChI is InChI=1S/C34H46N2O10S/c1-32(2,3)46-31(40)36(20-27(38)23-43-28-10-7-11-29(18-28)47(41,42)34(24-37)12-13-34)26-19-33(45-22-26)14-16-35(17-15-33)30(39)44-21-25-8-5-4-6-9-25/h4-11,18,26-27,37-38H,12-17,19-24H2,1-3H3/t26-,27-/m0/s1. The Kier molecular flexibility index (Phi) is 10.4. The topological polar surface area (TPSA) is 152 Å². The first-order valence-electron chi connectivity index (χ1n) is 16.1. The molecule has 2 atom stereocenters. The Morgan fingerprint density at radius 1 is 1.06 bits per heavy atom. The van der Waals surface area contributed by atoms with Gasteiger partial charge in [-0.2, -0.15) is 0 Å². The molecular weight excluding hydrogens is 628 g/mol. The van der Waals surface area contributed by atoms with E-state index in [1.807, 2.05) is 30.3 Å². The second-order valence-electron chi connectivity index (χ2n) is 13.8. The van der Waals surface area contributed by atoms with Crippen molar-refractivity contribution in [2.24, 2.45) is 0 Å². The van der Waals surface area contributed by atoms with Gasteiger partial charge in [-0.3, -0.25) is 0 Å². The summed E-state index contributed by atoms with van der Waals surface area (Å²) in [4.78, 5) is 29.3. The second kappa shape index (κ2) is 14.0. The van der Waals surface area contributed by atoms with E-state index < -0.39 is 44.6 Å². The highest BCUT2D eigenvalue weighted by Crippen LogP contribution is 2.46. The van der Waals surface area contributed by atoms with Crippen molar-refractivity contribution in [1.29, 1.82) is 0 Å². The predicted molar refractivity (Wildman–Crippen MR) is 172 cm³/mol. The van der Waals surface area contributed by atoms with E-state index in [1.54, 1.807) is 37.8 Å². The van der Waals surface area contributed by atoms with Crippen LogP contribution in [0.1, 0.15) is 58.4 Å². The largest absolute Gasteiger partial charge is 0.491 e. The van der Waals surface area contributed by atoms with Crippen LogP contribution in [-0.4, -0.2) is 108 Å². The normalized spacial score (nSPS) is 20.8. The van der Waals surface area contributed by atoms with Gasteiger partial charge in [-0.25, -0.2) is 18.0 Å². The fourth-order valence-corrected chi connectivity index (χ4v) is 7.91. The molecule has 2 amide bonds. The van der Waals surface area contributed by atoms with Crippen molar-refractivity contribution in [2.45, 2.75) is 92.5 Å². The summed E-state index contributed by atoms with van der Waals surface area (Å²) in [5.41, 5.74) is -0.377. The van der Waals surface area contributed by atoms with Gasteiger partial charge in [-0.15, -0.1) is 0 Å². The van der Waals surface area contributed by atoms with E-state index >= 15 is 0 Å². The molecule has 0 aromatic heterocycles. The monoisotopic (exact) mass is 674 g/mol. The summed E-state index contributed by atoms with van der Waals surface area (Å²) in [6, 6.07) is 15.1. The van der Waals surface area contributed by atoms with Gasteiger partial charge in [-0.05, 0) is 76.6 Å². The Morgan fingerprint density at radius 2 is 1.77 bits per heavy atom. The maximum Gasteiger partial charge on any atom is 0.410 e. The third-order valence-corrected chi connectivity index (χ3v) is 11.6. The smallest absolute Gasteiger partial charge is 0.410 e. The SMILES string of the molecule is CC(C)(C)OC(=O)N(C[C@H](O)COc1cccc(S(=O)(=O)C2(CO)CC2)c1)[C@@H]1COC2(CCN(C(=O)OCc3ccccc3)CC2)C1. The summed E-state index contributed by atoms with van der Waals surface area (Å²) in [6.07, 6.45) is 0.399. The van der Waals surface area contributed by atoms with E-state index in [9.17, 15) is 28.2 Å². The Bertz CT molecular complexity index is 1500. The van der Waals surface area contributed by atoms with Crippen molar-refractivity contribution in [1.82, 2.24) is 9.80 Å². The van der Waals surface area contributed by atoms with Gasteiger partial charge in [0, 0.05) is 13.1 Å². The quantitative estimate of drug-likeness (QED) is 0.359. The van der Waals surface area contributed by atoms with Gasteiger partial charge in [-0.1, -0.05) is 36.4 Å². The number of amides is 2. The number of hydrogen-bond acceptors (Lipinski definition) is 10. The number of ether oxygens (including phenoxy) is 4. The lowest BCUT2D eigenvalue weighted by Crippen LogP contribution is -2.50. The first-order valence-corrected chi connectivity index (χ1v) is 17.6. The molecule has 0 unspecified atom stereocenters. The van der Waals surface area contributed by atoms with E-state index in [0.717, 1.165) is 5.56 Å². The van der Waals surface area contributed by atoms with Gasteiger partial charge in [0.1, 0.15) is 30.7 Å². The number of likely N-dealkylation sites (tertiary alicyclic amines) is 1. The lowest BCUT2D eigenvalue weighted by Gasteiger charge is -2.38. The van der Waals surface area contributed by atoms with Crippen molar-refractivity contribution in [2.75, 3.05) is 39.5 Å². The minimum absolute atomic E-state index is 0.0512. The summed E-state index contributed by atoms with van der Waals surface area (Å²) in [5.74, 6) is 0.250. The van der Waals surface area contributed by atoms with E-state index in [-0.39, 0.29) is 49.1 Å². The predicted octanol–water partition coefficient (Wildman–Crippen LogP) is 3.92. The number of benzene rings is 2. The molecule has 2 N–H and O–H groups in total. The molecule has 2 aromatic rings. The molecule has 258 valence electrons. The minimum Gasteiger partial charge on any atom is -0.491 e. The molecule has 3 aliphatic rings. The minimum atomic E-state index is -3.74. The zero-order valence-electron chi connectivity index (χ0n) is 27.3. The average molecular weight is 675 g/mol. The molecule has 1 spiro atoms. The second-order valence-corrected chi connectivity index (χ2v) is 16.1. The van der Waals surface area contributed by atoms with Gasteiger partial charge in [0.15, 0.2) is 9.84 Å². The average Bonchev–Trinajstić information content (AvgIpc) is 3.77. The van der Waals surface area contributed by atoms with Crippen LogP contribution in [0.2, 0.25) is 0 Å². The van der Waals surface area contributed by atoms with Crippen LogP contribution in [-0.2, 0) is 30.7 Å². The summed E-state index contributed by atoms with van der Waals surface area (Å²) >= 11 is 0. The third kappa shape index (κ3) is 8.37. The van der Waals surface area contributed by atoms with Crippen LogP contribution in [0.4, 0.5) is 9.59 Å². The van der Waals surface area contributed by atoms with Crippen molar-refractivity contribution < 1.29 is 47.2 Å². The summed E-state index contributed by atoms with van der Waals surface area (Å²) in [6.45, 7) is 5.93. The maximum atomic E-state index is 13.4. The van der Waals surface area contributed by atoms with Crippen LogP contribution in [0.25, 0.3) is 0 Å². The molecule has 2 aromatic carbocycles. The van der Waals surface area contributed by atoms with Crippen molar-refractivity contribution >= 4 is 22.0 Å². The summed E-state index contributed by atoms with van der Waals surface area (Å²) < 4.78 is 48.2. The number of aliphatic hydroxyl groups is 2. The number of piperidine rings is 1.